The highest BCUT2D eigenvalue weighted by Gasteiger charge is 2.17. The first-order valence-corrected chi connectivity index (χ1v) is 5.59. The molecule has 1 heterocycles. The van der Waals surface area contributed by atoms with Crippen LogP contribution in [0.15, 0.2) is 16.7 Å². The number of nitrogens with two attached hydrogens (primary N) is 1. The topological polar surface area (TPSA) is 68.3 Å². The number of nitrogens with one attached hydrogen (secondary N) is 1. The third kappa shape index (κ3) is 3.38. The van der Waals surface area contributed by atoms with Crippen molar-refractivity contribution >= 4 is 5.91 Å². The number of carbonyl (C=O) groups excluding carboxylic acids is 1. The molecule has 0 bridgehead atoms. The summed E-state index contributed by atoms with van der Waals surface area (Å²) in [5, 5.41) is 2.88. The van der Waals surface area contributed by atoms with Crippen molar-refractivity contribution in [2.45, 2.75) is 33.2 Å². The van der Waals surface area contributed by atoms with Crippen LogP contribution in [-0.4, -0.2) is 18.5 Å². The number of furan rings is 1. The van der Waals surface area contributed by atoms with E-state index in [1.807, 2.05) is 6.92 Å². The normalized spacial score (nSPS) is 12.8. The molecule has 90 valence electrons. The van der Waals surface area contributed by atoms with Crippen molar-refractivity contribution in [1.82, 2.24) is 5.32 Å². The predicted molar refractivity (Wildman–Crippen MR) is 63.2 cm³/mol. The first-order chi connectivity index (χ1) is 7.54. The molecule has 1 rings (SSSR count). The van der Waals surface area contributed by atoms with Crippen LogP contribution in [-0.2, 0) is 0 Å². The van der Waals surface area contributed by atoms with E-state index in [0.717, 1.165) is 12.0 Å². The quantitative estimate of drug-likeness (QED) is 0.799. The Bertz CT molecular complexity index is 345. The monoisotopic (exact) mass is 224 g/mol. The molecule has 3 N–H and O–H groups in total. The molecule has 1 amide bonds. The number of aryl methyl sites for hydroxylation is 1. The molecule has 16 heavy (non-hydrogen) atoms. The molecule has 0 aromatic carbocycles. The van der Waals surface area contributed by atoms with Gasteiger partial charge in [0.15, 0.2) is 5.76 Å². The number of rotatable bonds is 5. The van der Waals surface area contributed by atoms with E-state index in [-0.39, 0.29) is 11.9 Å². The van der Waals surface area contributed by atoms with E-state index in [4.69, 9.17) is 10.2 Å². The lowest BCUT2D eigenvalue weighted by molar-refractivity contribution is 0.0905. The van der Waals surface area contributed by atoms with Gasteiger partial charge in [-0.25, -0.2) is 0 Å². The molecule has 0 aliphatic carbocycles. The fourth-order valence-corrected chi connectivity index (χ4v) is 1.64. The summed E-state index contributed by atoms with van der Waals surface area (Å²) >= 11 is 0. The zero-order valence-corrected chi connectivity index (χ0v) is 10.1. The van der Waals surface area contributed by atoms with Gasteiger partial charge in [-0.3, -0.25) is 4.79 Å². The van der Waals surface area contributed by atoms with Crippen molar-refractivity contribution in [3.63, 3.8) is 0 Å². The fraction of sp³-hybridized carbons (Fsp3) is 0.583. The van der Waals surface area contributed by atoms with E-state index < -0.39 is 0 Å². The molecule has 1 aromatic heterocycles. The van der Waals surface area contributed by atoms with Crippen LogP contribution in [0, 0.1) is 12.8 Å². The standard InChI is InChI=1S/C12H20N2O2/c1-8(2)6-10(7-13)14-12(15)11-9(3)4-5-16-11/h4-5,8,10H,6-7,13H2,1-3H3,(H,14,15). The maximum absolute atomic E-state index is 11.8. The molecular formula is C12H20N2O2. The van der Waals surface area contributed by atoms with E-state index >= 15 is 0 Å². The first-order valence-electron chi connectivity index (χ1n) is 5.59. The zero-order chi connectivity index (χ0) is 12.1. The van der Waals surface area contributed by atoms with Crippen LogP contribution in [0.2, 0.25) is 0 Å². The maximum atomic E-state index is 11.8. The van der Waals surface area contributed by atoms with Gasteiger partial charge in [0.25, 0.3) is 5.91 Å². The summed E-state index contributed by atoms with van der Waals surface area (Å²) in [6, 6.07) is 1.78. The Hall–Kier alpha value is -1.29. The van der Waals surface area contributed by atoms with Crippen LogP contribution in [0.3, 0.4) is 0 Å². The summed E-state index contributed by atoms with van der Waals surface area (Å²) in [5.74, 6) is 0.701. The maximum Gasteiger partial charge on any atom is 0.287 e. The van der Waals surface area contributed by atoms with Crippen LogP contribution in [0.1, 0.15) is 36.4 Å². The SMILES string of the molecule is Cc1ccoc1C(=O)NC(CN)CC(C)C. The van der Waals surface area contributed by atoms with Crippen LogP contribution in [0.4, 0.5) is 0 Å². The third-order valence-corrected chi connectivity index (χ3v) is 2.44. The van der Waals surface area contributed by atoms with E-state index in [9.17, 15) is 4.79 Å². The lowest BCUT2D eigenvalue weighted by atomic mass is 10.0. The molecule has 1 aromatic rings. The lowest BCUT2D eigenvalue weighted by Crippen LogP contribution is -2.41. The Morgan fingerprint density at radius 2 is 2.25 bits per heavy atom. The minimum absolute atomic E-state index is 0.0111. The second kappa shape index (κ2) is 5.70. The van der Waals surface area contributed by atoms with Gasteiger partial charge in [-0.1, -0.05) is 13.8 Å². The molecule has 4 nitrogen and oxygen atoms in total. The van der Waals surface area contributed by atoms with Gasteiger partial charge in [-0.2, -0.15) is 0 Å². The van der Waals surface area contributed by atoms with E-state index in [1.54, 1.807) is 6.07 Å². The average molecular weight is 224 g/mol. The van der Waals surface area contributed by atoms with Gasteiger partial charge in [-0.15, -0.1) is 0 Å². The van der Waals surface area contributed by atoms with Crippen molar-refractivity contribution in [1.29, 1.82) is 0 Å². The van der Waals surface area contributed by atoms with Crippen molar-refractivity contribution in [2.24, 2.45) is 11.7 Å². The summed E-state index contributed by atoms with van der Waals surface area (Å²) < 4.78 is 5.12. The molecule has 1 atom stereocenters. The summed E-state index contributed by atoms with van der Waals surface area (Å²) in [6.45, 7) is 6.50. The largest absolute Gasteiger partial charge is 0.459 e. The van der Waals surface area contributed by atoms with Crippen LogP contribution < -0.4 is 11.1 Å². The van der Waals surface area contributed by atoms with E-state index in [0.29, 0.717) is 18.2 Å². The van der Waals surface area contributed by atoms with Gasteiger partial charge in [0.1, 0.15) is 0 Å². The number of hydrogen-bond donors (Lipinski definition) is 2. The van der Waals surface area contributed by atoms with Crippen molar-refractivity contribution < 1.29 is 9.21 Å². The lowest BCUT2D eigenvalue weighted by Gasteiger charge is -2.18. The third-order valence-electron chi connectivity index (χ3n) is 2.44. The molecule has 0 aliphatic rings. The van der Waals surface area contributed by atoms with E-state index in [1.165, 1.54) is 6.26 Å². The number of hydrogen-bond acceptors (Lipinski definition) is 3. The second-order valence-corrected chi connectivity index (χ2v) is 4.47. The van der Waals surface area contributed by atoms with Crippen molar-refractivity contribution in [2.75, 3.05) is 6.54 Å². The zero-order valence-electron chi connectivity index (χ0n) is 10.1. The number of amides is 1. The van der Waals surface area contributed by atoms with Gasteiger partial charge in [0.2, 0.25) is 0 Å². The molecule has 0 saturated carbocycles. The Balaban J connectivity index is 2.59. The predicted octanol–water partition coefficient (Wildman–Crippen LogP) is 1.69. The van der Waals surface area contributed by atoms with Crippen molar-refractivity contribution in [3.8, 4) is 0 Å². The Morgan fingerprint density at radius 1 is 1.56 bits per heavy atom. The smallest absolute Gasteiger partial charge is 0.287 e. The Labute approximate surface area is 96.2 Å². The van der Waals surface area contributed by atoms with Crippen molar-refractivity contribution in [3.05, 3.63) is 23.7 Å². The average Bonchev–Trinajstić information content (AvgIpc) is 2.62. The summed E-state index contributed by atoms with van der Waals surface area (Å²) in [6.07, 6.45) is 2.39. The highest BCUT2D eigenvalue weighted by Crippen LogP contribution is 2.10. The number of carbonyl (C=O) groups is 1. The van der Waals surface area contributed by atoms with Crippen LogP contribution >= 0.6 is 0 Å². The second-order valence-electron chi connectivity index (χ2n) is 4.47. The summed E-state index contributed by atoms with van der Waals surface area (Å²) in [5.41, 5.74) is 6.46. The molecule has 0 spiro atoms. The Kier molecular flexibility index (Phi) is 4.55. The van der Waals surface area contributed by atoms with Gasteiger partial charge < -0.3 is 15.5 Å². The minimum atomic E-state index is -0.182. The molecule has 0 saturated heterocycles. The molecule has 0 fully saturated rings. The molecular weight excluding hydrogens is 204 g/mol. The van der Waals surface area contributed by atoms with Gasteiger partial charge >= 0.3 is 0 Å². The van der Waals surface area contributed by atoms with Gasteiger partial charge in [-0.05, 0) is 25.3 Å². The molecule has 0 radical (unpaired) electrons. The molecule has 4 heteroatoms. The van der Waals surface area contributed by atoms with Crippen LogP contribution in [0.25, 0.3) is 0 Å². The van der Waals surface area contributed by atoms with Gasteiger partial charge in [0, 0.05) is 18.2 Å². The molecule has 0 aliphatic heterocycles. The highest BCUT2D eigenvalue weighted by molar-refractivity contribution is 5.92. The fourth-order valence-electron chi connectivity index (χ4n) is 1.64. The van der Waals surface area contributed by atoms with Crippen LogP contribution in [0.5, 0.6) is 0 Å². The highest BCUT2D eigenvalue weighted by atomic mass is 16.3. The molecule has 1 unspecified atom stereocenters. The first kappa shape index (κ1) is 12.8. The summed E-state index contributed by atoms with van der Waals surface area (Å²) in [4.78, 5) is 11.8. The summed E-state index contributed by atoms with van der Waals surface area (Å²) in [7, 11) is 0. The Morgan fingerprint density at radius 3 is 2.69 bits per heavy atom. The minimum Gasteiger partial charge on any atom is -0.459 e. The van der Waals surface area contributed by atoms with E-state index in [2.05, 4.69) is 19.2 Å². The van der Waals surface area contributed by atoms with Gasteiger partial charge in [0.05, 0.1) is 6.26 Å².